The van der Waals surface area contributed by atoms with Crippen LogP contribution in [-0.2, 0) is 0 Å². The van der Waals surface area contributed by atoms with Crippen molar-refractivity contribution in [3.63, 3.8) is 0 Å². The van der Waals surface area contributed by atoms with Gasteiger partial charge in [0.05, 0.1) is 5.56 Å². The van der Waals surface area contributed by atoms with Crippen molar-refractivity contribution in [2.75, 3.05) is 31.1 Å². The van der Waals surface area contributed by atoms with Crippen LogP contribution in [-0.4, -0.2) is 47.4 Å². The van der Waals surface area contributed by atoms with Gasteiger partial charge in [-0.05, 0) is 44.5 Å². The SMILES string of the molecule is CC1CN2CCCCC2CN1C(=O)c1ccc(N)cc1N. The van der Waals surface area contributed by atoms with Crippen molar-refractivity contribution < 1.29 is 4.79 Å². The Labute approximate surface area is 125 Å². The molecule has 2 saturated heterocycles. The minimum absolute atomic E-state index is 0.0326. The van der Waals surface area contributed by atoms with Crippen molar-refractivity contribution in [3.8, 4) is 0 Å². The van der Waals surface area contributed by atoms with Crippen LogP contribution >= 0.6 is 0 Å². The van der Waals surface area contributed by atoms with Crippen LogP contribution < -0.4 is 11.5 Å². The number of nitrogen functional groups attached to an aromatic ring is 2. The smallest absolute Gasteiger partial charge is 0.256 e. The zero-order valence-corrected chi connectivity index (χ0v) is 12.6. The number of benzene rings is 1. The van der Waals surface area contributed by atoms with Gasteiger partial charge in [0.15, 0.2) is 0 Å². The van der Waals surface area contributed by atoms with Gasteiger partial charge in [-0.2, -0.15) is 0 Å². The molecule has 5 heteroatoms. The number of carbonyl (C=O) groups is 1. The van der Waals surface area contributed by atoms with Crippen LogP contribution in [0.4, 0.5) is 11.4 Å². The van der Waals surface area contributed by atoms with Gasteiger partial charge in [0.2, 0.25) is 0 Å². The molecule has 3 rings (SSSR count). The third-order valence-corrected chi connectivity index (χ3v) is 4.75. The molecule has 2 heterocycles. The van der Waals surface area contributed by atoms with E-state index in [1.54, 1.807) is 18.2 Å². The predicted octanol–water partition coefficient (Wildman–Crippen LogP) is 1.55. The molecule has 1 aromatic carbocycles. The molecule has 2 fully saturated rings. The highest BCUT2D eigenvalue weighted by Gasteiger charge is 2.35. The lowest BCUT2D eigenvalue weighted by molar-refractivity contribution is 0.0152. The van der Waals surface area contributed by atoms with Crippen LogP contribution in [0.15, 0.2) is 18.2 Å². The number of piperazine rings is 1. The Morgan fingerprint density at radius 2 is 2.05 bits per heavy atom. The van der Waals surface area contributed by atoms with Crippen molar-refractivity contribution in [1.82, 2.24) is 9.80 Å². The number of hydrogen-bond donors (Lipinski definition) is 2. The average Bonchev–Trinajstić information content (AvgIpc) is 2.46. The topological polar surface area (TPSA) is 75.6 Å². The molecular weight excluding hydrogens is 264 g/mol. The van der Waals surface area contributed by atoms with Crippen LogP contribution in [0.1, 0.15) is 36.5 Å². The van der Waals surface area contributed by atoms with Crippen molar-refractivity contribution in [3.05, 3.63) is 23.8 Å². The quantitative estimate of drug-likeness (QED) is 0.769. The van der Waals surface area contributed by atoms with Gasteiger partial charge in [-0.3, -0.25) is 9.69 Å². The van der Waals surface area contributed by atoms with E-state index in [9.17, 15) is 4.79 Å². The molecule has 0 saturated carbocycles. The lowest BCUT2D eigenvalue weighted by Gasteiger charge is -2.47. The molecule has 0 aliphatic carbocycles. The van der Waals surface area contributed by atoms with Gasteiger partial charge >= 0.3 is 0 Å². The summed E-state index contributed by atoms with van der Waals surface area (Å²) in [7, 11) is 0. The number of anilines is 2. The van der Waals surface area contributed by atoms with E-state index in [4.69, 9.17) is 11.5 Å². The first-order valence-electron chi connectivity index (χ1n) is 7.76. The Morgan fingerprint density at radius 3 is 2.81 bits per heavy atom. The first kappa shape index (κ1) is 14.2. The molecule has 0 bridgehead atoms. The monoisotopic (exact) mass is 288 g/mol. The molecule has 2 aliphatic heterocycles. The van der Waals surface area contributed by atoms with Gasteiger partial charge < -0.3 is 16.4 Å². The fourth-order valence-electron chi connectivity index (χ4n) is 3.57. The van der Waals surface area contributed by atoms with Crippen LogP contribution in [0, 0.1) is 0 Å². The highest BCUT2D eigenvalue weighted by atomic mass is 16.2. The van der Waals surface area contributed by atoms with E-state index in [0.717, 1.165) is 13.1 Å². The third kappa shape index (κ3) is 2.70. The number of fused-ring (bicyclic) bond motifs is 1. The van der Waals surface area contributed by atoms with E-state index < -0.39 is 0 Å². The fourth-order valence-corrected chi connectivity index (χ4v) is 3.57. The maximum absolute atomic E-state index is 12.8. The molecule has 114 valence electrons. The summed E-state index contributed by atoms with van der Waals surface area (Å²) >= 11 is 0. The first-order chi connectivity index (χ1) is 10.1. The number of carbonyl (C=O) groups excluding carboxylic acids is 1. The van der Waals surface area contributed by atoms with E-state index in [2.05, 4.69) is 11.8 Å². The fraction of sp³-hybridized carbons (Fsp3) is 0.562. The summed E-state index contributed by atoms with van der Waals surface area (Å²) in [5, 5.41) is 0. The third-order valence-electron chi connectivity index (χ3n) is 4.75. The molecule has 2 unspecified atom stereocenters. The molecule has 21 heavy (non-hydrogen) atoms. The second-order valence-corrected chi connectivity index (χ2v) is 6.30. The van der Waals surface area contributed by atoms with Gasteiger partial charge in [0.1, 0.15) is 0 Å². The maximum Gasteiger partial charge on any atom is 0.256 e. The van der Waals surface area contributed by atoms with Gasteiger partial charge in [-0.25, -0.2) is 0 Å². The first-order valence-corrected chi connectivity index (χ1v) is 7.76. The lowest BCUT2D eigenvalue weighted by atomic mass is 9.96. The number of nitrogens with zero attached hydrogens (tertiary/aromatic N) is 2. The molecule has 0 spiro atoms. The number of nitrogens with two attached hydrogens (primary N) is 2. The minimum atomic E-state index is 0.0326. The molecule has 0 aromatic heterocycles. The number of hydrogen-bond acceptors (Lipinski definition) is 4. The summed E-state index contributed by atoms with van der Waals surface area (Å²) in [4.78, 5) is 17.3. The number of rotatable bonds is 1. The largest absolute Gasteiger partial charge is 0.399 e. The molecule has 5 nitrogen and oxygen atoms in total. The second kappa shape index (κ2) is 5.56. The summed E-state index contributed by atoms with van der Waals surface area (Å²) in [6.07, 6.45) is 3.73. The van der Waals surface area contributed by atoms with Crippen LogP contribution in [0.25, 0.3) is 0 Å². The molecule has 1 amide bonds. The normalized spacial score (nSPS) is 26.4. The Hall–Kier alpha value is -1.75. The van der Waals surface area contributed by atoms with Crippen LogP contribution in [0.5, 0.6) is 0 Å². The maximum atomic E-state index is 12.8. The number of amides is 1. The summed E-state index contributed by atoms with van der Waals surface area (Å²) in [5.74, 6) is 0.0326. The molecule has 4 N–H and O–H groups in total. The molecule has 1 aromatic rings. The predicted molar refractivity (Wildman–Crippen MR) is 85.0 cm³/mol. The van der Waals surface area contributed by atoms with Gasteiger partial charge in [0, 0.05) is 36.5 Å². The van der Waals surface area contributed by atoms with Crippen molar-refractivity contribution in [1.29, 1.82) is 0 Å². The van der Waals surface area contributed by atoms with Crippen LogP contribution in [0.3, 0.4) is 0 Å². The summed E-state index contributed by atoms with van der Waals surface area (Å²) in [6.45, 7) is 5.06. The minimum Gasteiger partial charge on any atom is -0.399 e. The standard InChI is InChI=1S/C16H24N4O/c1-11-9-19-7-3-2-4-13(19)10-20(11)16(21)14-6-5-12(17)8-15(14)18/h5-6,8,11,13H,2-4,7,9-10,17-18H2,1H3. The number of piperidine rings is 1. The Morgan fingerprint density at radius 1 is 1.24 bits per heavy atom. The van der Waals surface area contributed by atoms with E-state index in [1.165, 1.54) is 25.8 Å². The zero-order chi connectivity index (χ0) is 15.0. The molecule has 2 atom stereocenters. The second-order valence-electron chi connectivity index (χ2n) is 6.30. The Bertz CT molecular complexity index is 545. The van der Waals surface area contributed by atoms with Crippen LogP contribution in [0.2, 0.25) is 0 Å². The van der Waals surface area contributed by atoms with Gasteiger partial charge in [0.25, 0.3) is 5.91 Å². The Balaban J connectivity index is 1.80. The molecule has 0 radical (unpaired) electrons. The van der Waals surface area contributed by atoms with E-state index in [1.807, 2.05) is 4.90 Å². The van der Waals surface area contributed by atoms with Gasteiger partial charge in [-0.1, -0.05) is 6.42 Å². The molecule has 2 aliphatic rings. The van der Waals surface area contributed by atoms with E-state index in [-0.39, 0.29) is 11.9 Å². The average molecular weight is 288 g/mol. The summed E-state index contributed by atoms with van der Waals surface area (Å²) < 4.78 is 0. The molecular formula is C16H24N4O. The van der Waals surface area contributed by atoms with Crippen molar-refractivity contribution in [2.24, 2.45) is 0 Å². The Kier molecular flexibility index (Phi) is 3.76. The lowest BCUT2D eigenvalue weighted by Crippen LogP contribution is -2.60. The highest BCUT2D eigenvalue weighted by Crippen LogP contribution is 2.26. The zero-order valence-electron chi connectivity index (χ0n) is 12.6. The summed E-state index contributed by atoms with van der Waals surface area (Å²) in [5.41, 5.74) is 13.3. The van der Waals surface area contributed by atoms with Crippen molar-refractivity contribution >= 4 is 17.3 Å². The van der Waals surface area contributed by atoms with E-state index >= 15 is 0 Å². The van der Waals surface area contributed by atoms with Gasteiger partial charge in [-0.15, -0.1) is 0 Å². The van der Waals surface area contributed by atoms with Crippen molar-refractivity contribution in [2.45, 2.75) is 38.3 Å². The summed E-state index contributed by atoms with van der Waals surface area (Å²) in [6, 6.07) is 5.88. The highest BCUT2D eigenvalue weighted by molar-refractivity contribution is 6.00. The van der Waals surface area contributed by atoms with E-state index in [0.29, 0.717) is 23.0 Å².